The van der Waals surface area contributed by atoms with E-state index in [1.165, 1.54) is 0 Å². The molecule has 2 aliphatic rings. The fraction of sp³-hybridized carbons (Fsp3) is 1.00. The summed E-state index contributed by atoms with van der Waals surface area (Å²) >= 11 is 0. The highest BCUT2D eigenvalue weighted by molar-refractivity contribution is 7.89. The molecule has 2 aliphatic heterocycles. The van der Waals surface area contributed by atoms with Gasteiger partial charge in [0.1, 0.15) is 0 Å². The lowest BCUT2D eigenvalue weighted by Crippen LogP contribution is -2.42. The maximum absolute atomic E-state index is 12.2. The monoisotopic (exact) mass is 290 g/mol. The van der Waals surface area contributed by atoms with Crippen LogP contribution in [-0.2, 0) is 14.8 Å². The lowest BCUT2D eigenvalue weighted by Gasteiger charge is -2.20. The molecular weight excluding hydrogens is 264 g/mol. The standard InChI is InChI=1S/C13H26N2O3S/c1-10(2)15-6-11(3)13(7-15)14-19(16,17)9-12-4-5-18-8-12/h10-14H,4-9H2,1-3H3/t11-,12+,13-/m1/s1. The molecule has 0 aliphatic carbocycles. The topological polar surface area (TPSA) is 58.6 Å². The SMILES string of the molecule is CC(C)N1C[C@@H](C)[C@H](NS(=O)(=O)C[C@H]2CCOC2)C1. The Kier molecular flexibility index (Phi) is 4.87. The van der Waals surface area contributed by atoms with Crippen molar-refractivity contribution in [2.45, 2.75) is 39.3 Å². The molecule has 0 bridgehead atoms. The summed E-state index contributed by atoms with van der Waals surface area (Å²) in [5.74, 6) is 0.741. The van der Waals surface area contributed by atoms with Gasteiger partial charge in [-0.05, 0) is 32.1 Å². The fourth-order valence-electron chi connectivity index (χ4n) is 2.88. The highest BCUT2D eigenvalue weighted by Crippen LogP contribution is 2.20. The van der Waals surface area contributed by atoms with E-state index in [1.807, 2.05) is 0 Å². The lowest BCUT2D eigenvalue weighted by atomic mass is 10.1. The van der Waals surface area contributed by atoms with Gasteiger partial charge in [0.05, 0.1) is 12.4 Å². The molecule has 0 saturated carbocycles. The van der Waals surface area contributed by atoms with Gasteiger partial charge in [-0.1, -0.05) is 6.92 Å². The normalized spacial score (nSPS) is 33.4. The van der Waals surface area contributed by atoms with Crippen molar-refractivity contribution in [3.63, 3.8) is 0 Å². The largest absolute Gasteiger partial charge is 0.381 e. The van der Waals surface area contributed by atoms with Crippen LogP contribution < -0.4 is 4.72 Å². The fourth-order valence-corrected chi connectivity index (χ4v) is 4.63. The first-order valence-corrected chi connectivity index (χ1v) is 8.84. The molecular formula is C13H26N2O3S. The molecule has 112 valence electrons. The summed E-state index contributed by atoms with van der Waals surface area (Å²) in [5, 5.41) is 0. The second kappa shape index (κ2) is 6.08. The molecule has 0 aromatic carbocycles. The maximum Gasteiger partial charge on any atom is 0.212 e. The molecule has 19 heavy (non-hydrogen) atoms. The van der Waals surface area contributed by atoms with Crippen LogP contribution in [0.4, 0.5) is 0 Å². The molecule has 0 aromatic heterocycles. The first-order chi connectivity index (χ1) is 8.87. The van der Waals surface area contributed by atoms with E-state index in [9.17, 15) is 8.42 Å². The Labute approximate surface area is 116 Å². The summed E-state index contributed by atoms with van der Waals surface area (Å²) in [6.45, 7) is 9.49. The van der Waals surface area contributed by atoms with E-state index >= 15 is 0 Å². The number of hydrogen-bond acceptors (Lipinski definition) is 4. The van der Waals surface area contributed by atoms with E-state index in [4.69, 9.17) is 4.74 Å². The van der Waals surface area contributed by atoms with Crippen molar-refractivity contribution in [2.24, 2.45) is 11.8 Å². The van der Waals surface area contributed by atoms with Crippen molar-refractivity contribution in [1.29, 1.82) is 0 Å². The van der Waals surface area contributed by atoms with Gasteiger partial charge >= 0.3 is 0 Å². The van der Waals surface area contributed by atoms with Crippen LogP contribution in [-0.4, -0.2) is 57.5 Å². The quantitative estimate of drug-likeness (QED) is 0.808. The number of sulfonamides is 1. The van der Waals surface area contributed by atoms with Gasteiger partial charge in [0.15, 0.2) is 0 Å². The van der Waals surface area contributed by atoms with Crippen LogP contribution in [0.3, 0.4) is 0 Å². The van der Waals surface area contributed by atoms with Crippen molar-refractivity contribution in [3.8, 4) is 0 Å². The summed E-state index contributed by atoms with van der Waals surface area (Å²) in [4.78, 5) is 2.33. The highest BCUT2D eigenvalue weighted by Gasteiger charge is 2.34. The minimum Gasteiger partial charge on any atom is -0.381 e. The minimum absolute atomic E-state index is 0.0507. The van der Waals surface area contributed by atoms with Gasteiger partial charge in [0.25, 0.3) is 0 Å². The van der Waals surface area contributed by atoms with Crippen LogP contribution in [0.15, 0.2) is 0 Å². The first kappa shape index (κ1) is 15.2. The summed E-state index contributed by atoms with van der Waals surface area (Å²) in [6, 6.07) is 0.523. The van der Waals surface area contributed by atoms with Crippen LogP contribution in [0.25, 0.3) is 0 Å². The lowest BCUT2D eigenvalue weighted by molar-refractivity contribution is 0.188. The molecule has 2 fully saturated rings. The van der Waals surface area contributed by atoms with Crippen LogP contribution in [0.1, 0.15) is 27.2 Å². The average molecular weight is 290 g/mol. The Hall–Kier alpha value is -0.170. The third-order valence-electron chi connectivity index (χ3n) is 4.18. The average Bonchev–Trinajstić information content (AvgIpc) is 2.88. The van der Waals surface area contributed by atoms with Gasteiger partial charge in [-0.15, -0.1) is 0 Å². The molecule has 1 N–H and O–H groups in total. The molecule has 0 spiro atoms. The second-order valence-corrected chi connectivity index (χ2v) is 8.06. The zero-order chi connectivity index (χ0) is 14.0. The second-order valence-electron chi connectivity index (χ2n) is 6.26. The zero-order valence-corrected chi connectivity index (χ0v) is 12.9. The van der Waals surface area contributed by atoms with Crippen LogP contribution in [0.2, 0.25) is 0 Å². The Morgan fingerprint density at radius 2 is 2.11 bits per heavy atom. The van der Waals surface area contributed by atoms with Crippen LogP contribution >= 0.6 is 0 Å². The van der Waals surface area contributed by atoms with Gasteiger partial charge in [-0.2, -0.15) is 0 Å². The van der Waals surface area contributed by atoms with E-state index in [0.717, 1.165) is 19.5 Å². The number of hydrogen-bond donors (Lipinski definition) is 1. The molecule has 0 unspecified atom stereocenters. The van der Waals surface area contributed by atoms with Crippen molar-refractivity contribution < 1.29 is 13.2 Å². The molecule has 2 heterocycles. The third-order valence-corrected chi connectivity index (χ3v) is 5.75. The first-order valence-electron chi connectivity index (χ1n) is 7.19. The summed E-state index contributed by atoms with van der Waals surface area (Å²) in [6.07, 6.45) is 0.860. The Morgan fingerprint density at radius 3 is 2.63 bits per heavy atom. The van der Waals surface area contributed by atoms with E-state index in [1.54, 1.807) is 0 Å². The third kappa shape index (κ3) is 4.15. The maximum atomic E-state index is 12.2. The summed E-state index contributed by atoms with van der Waals surface area (Å²) in [7, 11) is -3.19. The number of likely N-dealkylation sites (tertiary alicyclic amines) is 1. The van der Waals surface area contributed by atoms with Gasteiger partial charge < -0.3 is 4.74 Å². The van der Waals surface area contributed by atoms with Gasteiger partial charge in [-0.3, -0.25) is 4.90 Å². The molecule has 0 radical (unpaired) electrons. The molecule has 2 rings (SSSR count). The van der Waals surface area contributed by atoms with Crippen molar-refractivity contribution in [3.05, 3.63) is 0 Å². The Balaban J connectivity index is 1.89. The zero-order valence-electron chi connectivity index (χ0n) is 12.1. The van der Waals surface area contributed by atoms with Crippen molar-refractivity contribution >= 4 is 10.0 Å². The predicted octanol–water partition coefficient (Wildman–Crippen LogP) is 0.671. The van der Waals surface area contributed by atoms with Gasteiger partial charge in [0.2, 0.25) is 10.0 Å². The Bertz CT molecular complexity index is 391. The highest BCUT2D eigenvalue weighted by atomic mass is 32.2. The molecule has 6 heteroatoms. The summed E-state index contributed by atoms with van der Waals surface area (Å²) < 4.78 is 32.5. The molecule has 3 atom stereocenters. The smallest absolute Gasteiger partial charge is 0.212 e. The van der Waals surface area contributed by atoms with Crippen molar-refractivity contribution in [1.82, 2.24) is 9.62 Å². The van der Waals surface area contributed by atoms with E-state index in [0.29, 0.717) is 25.2 Å². The Morgan fingerprint density at radius 1 is 1.37 bits per heavy atom. The van der Waals surface area contributed by atoms with E-state index in [2.05, 4.69) is 30.4 Å². The number of rotatable bonds is 5. The van der Waals surface area contributed by atoms with Gasteiger partial charge in [0, 0.05) is 31.8 Å². The predicted molar refractivity (Wildman–Crippen MR) is 75.5 cm³/mol. The van der Waals surface area contributed by atoms with E-state index in [-0.39, 0.29) is 17.7 Å². The minimum atomic E-state index is -3.19. The number of nitrogens with one attached hydrogen (secondary N) is 1. The molecule has 5 nitrogen and oxygen atoms in total. The molecule has 0 aromatic rings. The summed E-state index contributed by atoms with van der Waals surface area (Å²) in [5.41, 5.74) is 0. The number of nitrogens with zero attached hydrogens (tertiary/aromatic N) is 1. The van der Waals surface area contributed by atoms with Gasteiger partial charge in [-0.25, -0.2) is 13.1 Å². The van der Waals surface area contributed by atoms with E-state index < -0.39 is 10.0 Å². The molecule has 0 amide bonds. The van der Waals surface area contributed by atoms with Crippen molar-refractivity contribution in [2.75, 3.05) is 32.1 Å². The van der Waals surface area contributed by atoms with Crippen LogP contribution in [0, 0.1) is 11.8 Å². The number of ether oxygens (including phenoxy) is 1. The molecule has 2 saturated heterocycles. The van der Waals surface area contributed by atoms with Crippen LogP contribution in [0.5, 0.6) is 0 Å².